The summed E-state index contributed by atoms with van der Waals surface area (Å²) in [6.07, 6.45) is 4.13. The number of esters is 1. The first kappa shape index (κ1) is 14.5. The molecule has 2 aromatic heterocycles. The summed E-state index contributed by atoms with van der Waals surface area (Å²) in [5, 5.41) is 0. The minimum atomic E-state index is -0.656. The maximum Gasteiger partial charge on any atom is 0.315 e. The van der Waals surface area contributed by atoms with Gasteiger partial charge in [-0.05, 0) is 29.8 Å². The van der Waals surface area contributed by atoms with Gasteiger partial charge in [0, 0.05) is 24.5 Å². The van der Waals surface area contributed by atoms with Gasteiger partial charge in [0.15, 0.2) is 5.60 Å². The lowest BCUT2D eigenvalue weighted by Gasteiger charge is -2.44. The van der Waals surface area contributed by atoms with E-state index in [1.54, 1.807) is 12.5 Å². The van der Waals surface area contributed by atoms with Gasteiger partial charge in [-0.1, -0.05) is 36.4 Å². The number of hydrogen-bond acceptors (Lipinski definition) is 4. The normalized spacial score (nSPS) is 30.4. The molecule has 0 N–H and O–H groups in total. The summed E-state index contributed by atoms with van der Waals surface area (Å²) in [4.78, 5) is 17.0. The van der Waals surface area contributed by atoms with Crippen LogP contribution in [0.4, 0.5) is 0 Å². The van der Waals surface area contributed by atoms with Crippen molar-refractivity contribution < 1.29 is 13.9 Å². The largest absolute Gasteiger partial charge is 0.469 e. The summed E-state index contributed by atoms with van der Waals surface area (Å²) < 4.78 is 11.5. The van der Waals surface area contributed by atoms with Crippen LogP contribution < -0.4 is 0 Å². The van der Waals surface area contributed by atoms with Crippen LogP contribution in [0.1, 0.15) is 35.3 Å². The van der Waals surface area contributed by atoms with Crippen molar-refractivity contribution in [2.24, 2.45) is 5.92 Å². The Balaban J connectivity index is 1.66. The molecule has 4 nitrogen and oxygen atoms in total. The molecule has 124 valence electrons. The highest BCUT2D eigenvalue weighted by Crippen LogP contribution is 2.64. The second-order valence-electron chi connectivity index (χ2n) is 6.77. The Hall–Kier alpha value is -2.88. The van der Waals surface area contributed by atoms with Gasteiger partial charge in [0.25, 0.3) is 0 Å². The van der Waals surface area contributed by atoms with Gasteiger partial charge in [0.05, 0.1) is 12.0 Å². The van der Waals surface area contributed by atoms with Crippen molar-refractivity contribution in [3.8, 4) is 0 Å². The minimum Gasteiger partial charge on any atom is -0.469 e. The van der Waals surface area contributed by atoms with Gasteiger partial charge in [0.1, 0.15) is 11.7 Å². The minimum absolute atomic E-state index is 0.0237. The third-order valence-corrected chi connectivity index (χ3v) is 5.55. The average molecular weight is 331 g/mol. The smallest absolute Gasteiger partial charge is 0.315 e. The number of carbonyl (C=O) groups is 1. The number of nitrogens with zero attached hydrogens (tertiary/aromatic N) is 1. The van der Waals surface area contributed by atoms with E-state index in [9.17, 15) is 4.79 Å². The van der Waals surface area contributed by atoms with Crippen LogP contribution in [0, 0.1) is 5.92 Å². The van der Waals surface area contributed by atoms with Crippen molar-refractivity contribution in [3.63, 3.8) is 0 Å². The molecule has 25 heavy (non-hydrogen) atoms. The Morgan fingerprint density at radius 2 is 1.84 bits per heavy atom. The van der Waals surface area contributed by atoms with Gasteiger partial charge in [-0.2, -0.15) is 0 Å². The highest BCUT2D eigenvalue weighted by Gasteiger charge is 2.69. The van der Waals surface area contributed by atoms with Crippen molar-refractivity contribution in [2.45, 2.75) is 23.9 Å². The van der Waals surface area contributed by atoms with Crippen molar-refractivity contribution in [3.05, 3.63) is 90.1 Å². The zero-order valence-electron chi connectivity index (χ0n) is 13.5. The molecule has 1 saturated carbocycles. The topological polar surface area (TPSA) is 52.3 Å². The zero-order valence-corrected chi connectivity index (χ0v) is 13.5. The Bertz CT molecular complexity index is 891. The molecule has 4 heteroatoms. The fourth-order valence-electron chi connectivity index (χ4n) is 4.54. The van der Waals surface area contributed by atoms with Crippen LogP contribution in [0.5, 0.6) is 0 Å². The van der Waals surface area contributed by atoms with E-state index in [2.05, 4.69) is 17.1 Å². The van der Waals surface area contributed by atoms with E-state index >= 15 is 0 Å². The molecule has 4 atom stereocenters. The molecular weight excluding hydrogens is 314 g/mol. The van der Waals surface area contributed by atoms with E-state index in [-0.39, 0.29) is 23.7 Å². The first-order chi connectivity index (χ1) is 12.3. The number of furan rings is 1. The highest BCUT2D eigenvalue weighted by molar-refractivity contribution is 5.83. The van der Waals surface area contributed by atoms with Gasteiger partial charge in [0.2, 0.25) is 0 Å². The summed E-state index contributed by atoms with van der Waals surface area (Å²) in [5.41, 5.74) is 1.31. The maximum absolute atomic E-state index is 12.5. The van der Waals surface area contributed by atoms with Crippen molar-refractivity contribution in [1.29, 1.82) is 0 Å². The number of aromatic nitrogens is 1. The highest BCUT2D eigenvalue weighted by atomic mass is 16.6. The number of ether oxygens (including phenoxy) is 1. The van der Waals surface area contributed by atoms with Crippen molar-refractivity contribution in [2.75, 3.05) is 0 Å². The fourth-order valence-corrected chi connectivity index (χ4v) is 4.54. The lowest BCUT2D eigenvalue weighted by Crippen LogP contribution is -2.53. The molecule has 3 aromatic rings. The molecule has 1 aromatic carbocycles. The number of rotatable bonds is 3. The second-order valence-corrected chi connectivity index (χ2v) is 6.77. The van der Waals surface area contributed by atoms with Gasteiger partial charge in [-0.3, -0.25) is 9.78 Å². The zero-order chi connectivity index (χ0) is 16.9. The molecule has 1 saturated heterocycles. The van der Waals surface area contributed by atoms with E-state index in [4.69, 9.17) is 9.15 Å². The van der Waals surface area contributed by atoms with E-state index < -0.39 is 5.60 Å². The molecule has 0 radical (unpaired) electrons. The summed E-state index contributed by atoms with van der Waals surface area (Å²) >= 11 is 0. The second kappa shape index (κ2) is 5.31. The van der Waals surface area contributed by atoms with Crippen molar-refractivity contribution in [1.82, 2.24) is 4.98 Å². The molecule has 2 aliphatic rings. The molecule has 0 spiro atoms. The molecule has 0 bridgehead atoms. The maximum atomic E-state index is 12.5. The summed E-state index contributed by atoms with van der Waals surface area (Å²) in [5.74, 6) is 0.620. The van der Waals surface area contributed by atoms with Crippen LogP contribution in [0.2, 0.25) is 0 Å². The monoisotopic (exact) mass is 331 g/mol. The Kier molecular flexibility index (Phi) is 3.07. The summed E-state index contributed by atoms with van der Waals surface area (Å²) in [6.45, 7) is 0. The number of hydrogen-bond donors (Lipinski definition) is 0. The van der Waals surface area contributed by atoms with Gasteiger partial charge >= 0.3 is 5.97 Å². The fraction of sp³-hybridized carbons (Fsp3) is 0.238. The van der Waals surface area contributed by atoms with Crippen LogP contribution >= 0.6 is 0 Å². The molecule has 3 heterocycles. The Morgan fingerprint density at radius 3 is 2.52 bits per heavy atom. The van der Waals surface area contributed by atoms with E-state index in [0.29, 0.717) is 6.42 Å². The van der Waals surface area contributed by atoms with E-state index in [1.807, 2.05) is 48.5 Å². The van der Waals surface area contributed by atoms with Crippen LogP contribution in [0.25, 0.3) is 0 Å². The lowest BCUT2D eigenvalue weighted by molar-refractivity contribution is -0.212. The van der Waals surface area contributed by atoms with Crippen molar-refractivity contribution >= 4 is 5.97 Å². The predicted octanol–water partition coefficient (Wildman–Crippen LogP) is 4.01. The third-order valence-electron chi connectivity index (χ3n) is 5.55. The Labute approximate surface area is 145 Å². The van der Waals surface area contributed by atoms with Crippen LogP contribution in [-0.4, -0.2) is 11.0 Å². The first-order valence-electron chi connectivity index (χ1n) is 8.52. The van der Waals surface area contributed by atoms with Gasteiger partial charge in [-0.25, -0.2) is 0 Å². The molecular formula is C21H17NO3. The summed E-state index contributed by atoms with van der Waals surface area (Å²) in [6, 6.07) is 19.8. The molecule has 1 aliphatic heterocycles. The molecule has 0 unspecified atom stereocenters. The lowest BCUT2D eigenvalue weighted by atomic mass is 9.75. The summed E-state index contributed by atoms with van der Waals surface area (Å²) in [7, 11) is 0. The quantitative estimate of drug-likeness (QED) is 0.680. The molecule has 5 rings (SSSR count). The number of benzene rings is 1. The molecule has 0 amide bonds. The van der Waals surface area contributed by atoms with Gasteiger partial charge < -0.3 is 9.15 Å². The third kappa shape index (κ3) is 2.00. The van der Waals surface area contributed by atoms with Crippen LogP contribution in [-0.2, 0) is 15.1 Å². The predicted molar refractivity (Wildman–Crippen MR) is 90.7 cm³/mol. The molecule has 1 aliphatic carbocycles. The SMILES string of the molecule is O=C1O[C@@]2(c3ccccn3)C[C@H](c3ccco3)[C@@H](c3ccccc3)[C@@H]12. The molecule has 2 fully saturated rings. The number of carbonyl (C=O) groups excluding carboxylic acids is 1. The Morgan fingerprint density at radius 1 is 1.00 bits per heavy atom. The van der Waals surface area contributed by atoms with E-state index in [0.717, 1.165) is 17.0 Å². The van der Waals surface area contributed by atoms with Gasteiger partial charge in [-0.15, -0.1) is 0 Å². The average Bonchev–Trinajstić information content (AvgIpc) is 3.27. The number of fused-ring (bicyclic) bond motifs is 1. The van der Waals surface area contributed by atoms with Crippen LogP contribution in [0.15, 0.2) is 77.5 Å². The standard InChI is InChI=1S/C21H17NO3/c23-20-19-18(14-7-2-1-3-8-14)15(16-9-6-12-24-16)13-21(19,25-20)17-10-4-5-11-22-17/h1-12,15,18-19H,13H2/t15-,18-,19+,21-/m1/s1. The van der Waals surface area contributed by atoms with E-state index in [1.165, 1.54) is 0 Å². The number of pyridine rings is 1. The van der Waals surface area contributed by atoms with Crippen LogP contribution in [0.3, 0.4) is 0 Å². The first-order valence-corrected chi connectivity index (χ1v) is 8.52.